The van der Waals surface area contributed by atoms with Gasteiger partial charge in [0, 0.05) is 19.3 Å². The quantitative estimate of drug-likeness (QED) is 0.0201. The second-order valence-corrected chi connectivity index (χ2v) is 15.0. The van der Waals surface area contributed by atoms with Crippen LogP contribution in [0.2, 0.25) is 0 Å². The molecular formula is C54H84O6. The van der Waals surface area contributed by atoms with Gasteiger partial charge in [0.1, 0.15) is 13.2 Å². The third-order valence-corrected chi connectivity index (χ3v) is 9.31. The van der Waals surface area contributed by atoms with Gasteiger partial charge in [-0.15, -0.1) is 0 Å². The Hall–Kier alpha value is -4.19. The van der Waals surface area contributed by atoms with Crippen LogP contribution in [0, 0.1) is 0 Å². The first-order valence-corrected chi connectivity index (χ1v) is 23.6. The van der Waals surface area contributed by atoms with Crippen LogP contribution in [-0.4, -0.2) is 37.2 Å². The van der Waals surface area contributed by atoms with Crippen LogP contribution in [0.5, 0.6) is 0 Å². The predicted octanol–water partition coefficient (Wildman–Crippen LogP) is 15.4. The number of esters is 3. The van der Waals surface area contributed by atoms with Crippen LogP contribution in [-0.2, 0) is 28.6 Å². The standard InChI is InChI=1S/C54H84O6/c1-4-7-10-13-16-19-22-25-26-27-28-30-32-35-38-41-44-47-53(56)59-50-51(49-58-52(55)46-43-40-37-34-31-24-21-18-15-12-9-6-3)60-54(57)48-45-42-39-36-33-29-23-20-17-14-11-8-5-2/h8-9,11-12,14,17-18,20-21,23,25-26,28-30,33,35-36,38-39,51H,4-7,10,13,15-16,19,22,24,27,31-32,34,37,40-50H2,1-3H3/b11-8-,12-9-,17-14-,21-18-,23-20-,26-25-,30-28-,33-29-,38-35-,39-36-. The van der Waals surface area contributed by atoms with E-state index in [0.717, 1.165) is 77.0 Å². The summed E-state index contributed by atoms with van der Waals surface area (Å²) in [5, 5.41) is 0. The SMILES string of the molecule is CC\C=C/C=C\C=C/C=C\C=C/CCCC(=O)OC(COC(=O)CCC/C=C\C/C=C\C/C=C\CCCCCCCC)COC(=O)CCCCCCC/C=C\C/C=C\CC. The summed E-state index contributed by atoms with van der Waals surface area (Å²) in [5.41, 5.74) is 0. The lowest BCUT2D eigenvalue weighted by Crippen LogP contribution is -2.30. The first-order chi connectivity index (χ1) is 29.5. The molecule has 0 N–H and O–H groups in total. The molecule has 0 amide bonds. The molecule has 0 aliphatic carbocycles. The maximum atomic E-state index is 12.7. The van der Waals surface area contributed by atoms with Gasteiger partial charge >= 0.3 is 17.9 Å². The van der Waals surface area contributed by atoms with E-state index < -0.39 is 12.1 Å². The number of hydrogen-bond donors (Lipinski definition) is 0. The maximum Gasteiger partial charge on any atom is 0.306 e. The fourth-order valence-corrected chi connectivity index (χ4v) is 5.82. The average Bonchev–Trinajstić information content (AvgIpc) is 3.24. The highest BCUT2D eigenvalue weighted by molar-refractivity contribution is 5.71. The van der Waals surface area contributed by atoms with Crippen LogP contribution in [0.3, 0.4) is 0 Å². The van der Waals surface area contributed by atoms with E-state index >= 15 is 0 Å². The Morgan fingerprint density at radius 3 is 1.28 bits per heavy atom. The van der Waals surface area contributed by atoms with Gasteiger partial charge in [0.2, 0.25) is 0 Å². The molecule has 0 aliphatic heterocycles. The fourth-order valence-electron chi connectivity index (χ4n) is 5.82. The zero-order valence-corrected chi connectivity index (χ0v) is 38.2. The summed E-state index contributed by atoms with van der Waals surface area (Å²) >= 11 is 0. The van der Waals surface area contributed by atoms with Gasteiger partial charge in [-0.2, -0.15) is 0 Å². The third kappa shape index (κ3) is 44.9. The summed E-state index contributed by atoms with van der Waals surface area (Å²) in [4.78, 5) is 37.8. The van der Waals surface area contributed by atoms with Gasteiger partial charge in [0.25, 0.3) is 0 Å². The number of allylic oxidation sites excluding steroid dienone is 20. The molecule has 0 spiro atoms. The van der Waals surface area contributed by atoms with Crippen molar-refractivity contribution >= 4 is 17.9 Å². The topological polar surface area (TPSA) is 78.9 Å². The molecule has 1 unspecified atom stereocenters. The van der Waals surface area contributed by atoms with Gasteiger partial charge in [-0.3, -0.25) is 14.4 Å². The van der Waals surface area contributed by atoms with E-state index in [0.29, 0.717) is 25.7 Å². The average molecular weight is 829 g/mol. The molecule has 0 aromatic rings. The Bertz CT molecular complexity index is 1320. The maximum absolute atomic E-state index is 12.7. The second-order valence-electron chi connectivity index (χ2n) is 15.0. The van der Waals surface area contributed by atoms with Crippen molar-refractivity contribution in [3.05, 3.63) is 122 Å². The lowest BCUT2D eigenvalue weighted by atomic mass is 10.1. The van der Waals surface area contributed by atoms with Gasteiger partial charge in [0.15, 0.2) is 6.10 Å². The van der Waals surface area contributed by atoms with E-state index in [1.54, 1.807) is 0 Å². The molecule has 0 radical (unpaired) electrons. The first kappa shape index (κ1) is 55.8. The minimum atomic E-state index is -0.843. The molecule has 0 aromatic heterocycles. The van der Waals surface area contributed by atoms with Crippen molar-refractivity contribution in [2.75, 3.05) is 13.2 Å². The molecule has 60 heavy (non-hydrogen) atoms. The lowest BCUT2D eigenvalue weighted by molar-refractivity contribution is -0.167. The Morgan fingerprint density at radius 1 is 0.367 bits per heavy atom. The minimum absolute atomic E-state index is 0.134. The minimum Gasteiger partial charge on any atom is -0.462 e. The zero-order valence-electron chi connectivity index (χ0n) is 38.2. The zero-order chi connectivity index (χ0) is 43.7. The van der Waals surface area contributed by atoms with Crippen molar-refractivity contribution in [3.8, 4) is 0 Å². The smallest absolute Gasteiger partial charge is 0.306 e. The number of hydrogen-bond acceptors (Lipinski definition) is 6. The Labute approximate surface area is 367 Å². The lowest BCUT2D eigenvalue weighted by Gasteiger charge is -2.18. The van der Waals surface area contributed by atoms with Gasteiger partial charge in [0.05, 0.1) is 0 Å². The van der Waals surface area contributed by atoms with E-state index in [2.05, 4.69) is 87.6 Å². The van der Waals surface area contributed by atoms with Gasteiger partial charge < -0.3 is 14.2 Å². The monoisotopic (exact) mass is 829 g/mol. The van der Waals surface area contributed by atoms with Crippen molar-refractivity contribution in [1.82, 2.24) is 0 Å². The van der Waals surface area contributed by atoms with Crippen molar-refractivity contribution in [2.45, 2.75) is 187 Å². The summed E-state index contributed by atoms with van der Waals surface area (Å²) in [6.45, 7) is 6.22. The molecule has 0 bridgehead atoms. The fraction of sp³-hybridized carbons (Fsp3) is 0.574. The molecule has 0 saturated heterocycles. The molecule has 0 aromatic carbocycles. The summed E-state index contributed by atoms with van der Waals surface area (Å²) in [5.74, 6) is -1.09. The molecule has 336 valence electrons. The molecule has 0 fully saturated rings. The summed E-state index contributed by atoms with van der Waals surface area (Å²) in [6, 6.07) is 0. The van der Waals surface area contributed by atoms with Crippen LogP contribution in [0.1, 0.15) is 181 Å². The van der Waals surface area contributed by atoms with Crippen LogP contribution in [0.25, 0.3) is 0 Å². The highest BCUT2D eigenvalue weighted by atomic mass is 16.6. The number of carbonyl (C=O) groups is 3. The molecule has 0 saturated carbocycles. The van der Waals surface area contributed by atoms with Crippen LogP contribution < -0.4 is 0 Å². The summed E-state index contributed by atoms with van der Waals surface area (Å²) < 4.78 is 16.6. The summed E-state index contributed by atoms with van der Waals surface area (Å²) in [7, 11) is 0. The van der Waals surface area contributed by atoms with E-state index in [1.165, 1.54) is 44.9 Å². The number of carbonyl (C=O) groups excluding carboxylic acids is 3. The highest BCUT2D eigenvalue weighted by Crippen LogP contribution is 2.11. The predicted molar refractivity (Wildman–Crippen MR) is 256 cm³/mol. The molecule has 0 rings (SSSR count). The largest absolute Gasteiger partial charge is 0.462 e. The number of unbranched alkanes of at least 4 members (excludes halogenated alkanes) is 13. The molecule has 6 heteroatoms. The Kier molecular flexibility index (Phi) is 44.2. The third-order valence-electron chi connectivity index (χ3n) is 9.31. The van der Waals surface area contributed by atoms with Crippen LogP contribution >= 0.6 is 0 Å². The van der Waals surface area contributed by atoms with E-state index in [4.69, 9.17) is 14.2 Å². The Balaban J connectivity index is 4.60. The van der Waals surface area contributed by atoms with E-state index in [-0.39, 0.29) is 38.0 Å². The number of rotatable bonds is 40. The van der Waals surface area contributed by atoms with Gasteiger partial charge in [-0.25, -0.2) is 0 Å². The van der Waals surface area contributed by atoms with Gasteiger partial charge in [-0.05, 0) is 89.9 Å². The normalized spacial score (nSPS) is 13.2. The molecular weight excluding hydrogens is 745 g/mol. The van der Waals surface area contributed by atoms with Crippen LogP contribution in [0.4, 0.5) is 0 Å². The van der Waals surface area contributed by atoms with Crippen LogP contribution in [0.15, 0.2) is 122 Å². The Morgan fingerprint density at radius 2 is 0.750 bits per heavy atom. The summed E-state index contributed by atoms with van der Waals surface area (Å²) in [6.07, 6.45) is 64.8. The first-order valence-electron chi connectivity index (χ1n) is 23.6. The van der Waals surface area contributed by atoms with E-state index in [9.17, 15) is 14.4 Å². The number of ether oxygens (including phenoxy) is 3. The molecule has 0 aliphatic rings. The van der Waals surface area contributed by atoms with Crippen molar-refractivity contribution in [3.63, 3.8) is 0 Å². The van der Waals surface area contributed by atoms with Crippen molar-refractivity contribution in [1.29, 1.82) is 0 Å². The second kappa shape index (κ2) is 47.5. The highest BCUT2D eigenvalue weighted by Gasteiger charge is 2.19. The van der Waals surface area contributed by atoms with E-state index in [1.807, 2.05) is 54.7 Å². The van der Waals surface area contributed by atoms with Crippen molar-refractivity contribution in [2.24, 2.45) is 0 Å². The van der Waals surface area contributed by atoms with Gasteiger partial charge in [-0.1, -0.05) is 194 Å². The molecule has 6 nitrogen and oxygen atoms in total. The van der Waals surface area contributed by atoms with Crippen molar-refractivity contribution < 1.29 is 28.6 Å². The molecule has 0 heterocycles. The molecule has 1 atom stereocenters.